The quantitative estimate of drug-likeness (QED) is 0.490. The summed E-state index contributed by atoms with van der Waals surface area (Å²) in [6.07, 6.45) is -1.63. The molecule has 3 aromatic rings. The molecule has 4 rings (SSSR count). The number of alkyl halides is 3. The van der Waals surface area contributed by atoms with Crippen molar-refractivity contribution < 1.29 is 32.2 Å². The van der Waals surface area contributed by atoms with Gasteiger partial charge in [0.15, 0.2) is 0 Å². The molecular weight excluding hydrogens is 463 g/mol. The maximum Gasteiger partial charge on any atom is 0.426 e. The van der Waals surface area contributed by atoms with E-state index in [4.69, 9.17) is 13.9 Å². The zero-order valence-corrected chi connectivity index (χ0v) is 19.4. The van der Waals surface area contributed by atoms with Gasteiger partial charge in [-0.1, -0.05) is 42.5 Å². The van der Waals surface area contributed by atoms with Gasteiger partial charge in [-0.3, -0.25) is 0 Å². The predicted molar refractivity (Wildman–Crippen MR) is 120 cm³/mol. The molecule has 0 amide bonds. The molecule has 2 atom stereocenters. The second kappa shape index (κ2) is 10.2. The first-order valence-corrected chi connectivity index (χ1v) is 11.3. The van der Waals surface area contributed by atoms with Crippen LogP contribution in [0.5, 0.6) is 5.88 Å². The van der Waals surface area contributed by atoms with Crippen LogP contribution in [0, 0.1) is 6.92 Å². The molecule has 1 aliphatic heterocycles. The van der Waals surface area contributed by atoms with E-state index in [0.29, 0.717) is 23.1 Å². The third-order valence-electron chi connectivity index (χ3n) is 5.79. The summed E-state index contributed by atoms with van der Waals surface area (Å²) in [5.41, 5.74) is -1.21. The lowest BCUT2D eigenvalue weighted by Gasteiger charge is -2.32. The van der Waals surface area contributed by atoms with Gasteiger partial charge in [0.1, 0.15) is 11.8 Å². The van der Waals surface area contributed by atoms with Crippen molar-refractivity contribution in [3.8, 4) is 17.5 Å². The number of aromatic nitrogens is 3. The lowest BCUT2D eigenvalue weighted by Crippen LogP contribution is -2.45. The van der Waals surface area contributed by atoms with E-state index in [9.17, 15) is 18.3 Å². The summed E-state index contributed by atoms with van der Waals surface area (Å²) in [4.78, 5) is 4.41. The zero-order valence-electron chi connectivity index (χ0n) is 19.4. The number of hydrogen-bond acceptors (Lipinski definition) is 7. The molecule has 1 N–H and O–H groups in total. The number of benzene rings is 1. The molecule has 0 aliphatic carbocycles. The van der Waals surface area contributed by atoms with Gasteiger partial charge in [-0.25, -0.2) is 4.98 Å². The Balaban J connectivity index is 1.84. The lowest BCUT2D eigenvalue weighted by atomic mass is 9.95. The van der Waals surface area contributed by atoms with Gasteiger partial charge in [0.2, 0.25) is 11.5 Å². The molecule has 1 aromatic carbocycles. The van der Waals surface area contributed by atoms with Crippen LogP contribution in [0.4, 0.5) is 13.2 Å². The first-order chi connectivity index (χ1) is 16.7. The molecule has 0 spiro atoms. The standard InChI is InChI=1S/C25H26F3N3O4/c1-16-13-19(14-32)20-22-30-31-23(35-22)24(25(26,27)28,33-15-18-10-6-3-7-11-18)12-8-4-5-9-17(2)34-21(16)29-20/h3-7,10-11,13,17,32H,8-9,12,14-15H2,1-2H3/t17-,24-/m1/s1. The number of ether oxygens (including phenoxy) is 2. The van der Waals surface area contributed by atoms with E-state index in [-0.39, 0.29) is 36.6 Å². The maximum absolute atomic E-state index is 14.7. The van der Waals surface area contributed by atoms with Crippen molar-refractivity contribution >= 4 is 0 Å². The fourth-order valence-electron chi connectivity index (χ4n) is 3.86. The monoisotopic (exact) mass is 489 g/mol. The van der Waals surface area contributed by atoms with Gasteiger partial charge >= 0.3 is 6.18 Å². The fraction of sp³-hybridized carbons (Fsp3) is 0.400. The van der Waals surface area contributed by atoms with Gasteiger partial charge in [-0.05, 0) is 38.3 Å². The number of hydrogen-bond donors (Lipinski definition) is 1. The number of nitrogens with zero attached hydrogens (tertiary/aromatic N) is 3. The van der Waals surface area contributed by atoms with Gasteiger partial charge in [0.25, 0.3) is 11.8 Å². The number of pyridine rings is 1. The van der Waals surface area contributed by atoms with E-state index in [1.165, 1.54) is 0 Å². The minimum atomic E-state index is -4.85. The molecule has 3 heterocycles. The fourth-order valence-corrected chi connectivity index (χ4v) is 3.86. The Labute approximate surface area is 200 Å². The average Bonchev–Trinajstić information content (AvgIpc) is 3.31. The van der Waals surface area contributed by atoms with E-state index in [1.807, 2.05) is 6.92 Å². The molecule has 0 saturated heterocycles. The van der Waals surface area contributed by atoms with Crippen molar-refractivity contribution in [2.45, 2.75) is 64.2 Å². The summed E-state index contributed by atoms with van der Waals surface area (Å²) in [5, 5.41) is 17.5. The summed E-state index contributed by atoms with van der Waals surface area (Å²) >= 11 is 0. The molecule has 0 radical (unpaired) electrons. The van der Waals surface area contributed by atoms with E-state index in [2.05, 4.69) is 15.2 Å². The summed E-state index contributed by atoms with van der Waals surface area (Å²) in [6.45, 7) is 2.88. The first kappa shape index (κ1) is 24.9. The van der Waals surface area contributed by atoms with Gasteiger partial charge in [0, 0.05) is 17.5 Å². The summed E-state index contributed by atoms with van der Waals surface area (Å²) in [6, 6.07) is 10.2. The highest BCUT2D eigenvalue weighted by Crippen LogP contribution is 2.46. The topological polar surface area (TPSA) is 90.5 Å². The summed E-state index contributed by atoms with van der Waals surface area (Å²) in [7, 11) is 0. The summed E-state index contributed by atoms with van der Waals surface area (Å²) in [5.74, 6) is -0.702. The van der Waals surface area contributed by atoms with Crippen LogP contribution in [0.3, 0.4) is 0 Å². The van der Waals surface area contributed by atoms with E-state index in [0.717, 1.165) is 0 Å². The maximum atomic E-state index is 14.7. The largest absolute Gasteiger partial charge is 0.474 e. The number of rotatable bonds is 4. The van der Waals surface area contributed by atoms with Crippen LogP contribution in [-0.4, -0.2) is 32.6 Å². The van der Waals surface area contributed by atoms with Crippen LogP contribution in [0.1, 0.15) is 48.8 Å². The van der Waals surface area contributed by atoms with Crippen molar-refractivity contribution in [3.05, 3.63) is 71.1 Å². The normalized spacial score (nSPS) is 20.8. The van der Waals surface area contributed by atoms with Crippen LogP contribution < -0.4 is 4.74 Å². The molecule has 4 bridgehead atoms. The van der Waals surface area contributed by atoms with Crippen LogP contribution in [0.15, 0.2) is 53.0 Å². The third kappa shape index (κ3) is 5.23. The molecule has 10 heteroatoms. The third-order valence-corrected chi connectivity index (χ3v) is 5.79. The van der Waals surface area contributed by atoms with Crippen LogP contribution in [0.25, 0.3) is 11.6 Å². The Hall–Kier alpha value is -3.24. The lowest BCUT2D eigenvalue weighted by molar-refractivity contribution is -0.299. The van der Waals surface area contributed by atoms with Crippen molar-refractivity contribution in [3.63, 3.8) is 0 Å². The van der Waals surface area contributed by atoms with E-state index >= 15 is 0 Å². The van der Waals surface area contributed by atoms with Crippen molar-refractivity contribution in [1.82, 2.24) is 15.2 Å². The zero-order chi connectivity index (χ0) is 25.1. The highest BCUT2D eigenvalue weighted by Gasteiger charge is 2.61. The average molecular weight is 489 g/mol. The van der Waals surface area contributed by atoms with E-state index < -0.39 is 30.7 Å². The molecule has 0 unspecified atom stereocenters. The SMILES string of the molecule is Cc1cc(CO)c2nc1O[C@H](C)CC=CCC[C@](OCc1ccccc1)(C(F)(F)F)c1nnc-2o1. The number of aliphatic hydroxyl groups excluding tert-OH is 1. The Morgan fingerprint density at radius 3 is 2.66 bits per heavy atom. The molecule has 7 nitrogen and oxygen atoms in total. The summed E-state index contributed by atoms with van der Waals surface area (Å²) < 4.78 is 61.1. The van der Waals surface area contributed by atoms with Crippen molar-refractivity contribution in [2.24, 2.45) is 0 Å². The minimum absolute atomic E-state index is 0.0587. The highest BCUT2D eigenvalue weighted by atomic mass is 19.4. The van der Waals surface area contributed by atoms with Gasteiger partial charge in [0.05, 0.1) is 13.2 Å². The Morgan fingerprint density at radius 1 is 1.17 bits per heavy atom. The Bertz CT molecular complexity index is 1180. The number of aliphatic hydroxyl groups is 1. The number of halogens is 3. The molecule has 35 heavy (non-hydrogen) atoms. The van der Waals surface area contributed by atoms with Crippen LogP contribution in [0.2, 0.25) is 0 Å². The Kier molecular flexibility index (Phi) is 7.23. The van der Waals surface area contributed by atoms with Gasteiger partial charge < -0.3 is 19.0 Å². The molecule has 186 valence electrons. The Morgan fingerprint density at radius 2 is 1.94 bits per heavy atom. The minimum Gasteiger partial charge on any atom is -0.474 e. The molecule has 0 fully saturated rings. The molecule has 0 saturated carbocycles. The number of allylic oxidation sites excluding steroid dienone is 1. The van der Waals surface area contributed by atoms with Gasteiger partial charge in [-0.15, -0.1) is 10.2 Å². The highest BCUT2D eigenvalue weighted by molar-refractivity contribution is 5.55. The predicted octanol–water partition coefficient (Wildman–Crippen LogP) is 5.41. The second-order valence-electron chi connectivity index (χ2n) is 8.46. The van der Waals surface area contributed by atoms with E-state index in [1.54, 1.807) is 55.5 Å². The molecule has 1 aliphatic rings. The second-order valence-corrected chi connectivity index (χ2v) is 8.46. The first-order valence-electron chi connectivity index (χ1n) is 11.3. The smallest absolute Gasteiger partial charge is 0.426 e. The van der Waals surface area contributed by atoms with Gasteiger partial charge in [-0.2, -0.15) is 13.2 Å². The van der Waals surface area contributed by atoms with Crippen LogP contribution >= 0.6 is 0 Å². The number of fused-ring (bicyclic) bond motifs is 5. The van der Waals surface area contributed by atoms with Crippen LogP contribution in [-0.2, 0) is 23.6 Å². The molecular formula is C25H26F3N3O4. The number of aryl methyl sites for hydroxylation is 1. The van der Waals surface area contributed by atoms with Crippen molar-refractivity contribution in [1.29, 1.82) is 0 Å². The van der Waals surface area contributed by atoms with Crippen molar-refractivity contribution in [2.75, 3.05) is 0 Å². The molecule has 2 aromatic heterocycles.